The van der Waals surface area contributed by atoms with Crippen molar-refractivity contribution in [2.45, 2.75) is 20.0 Å². The third kappa shape index (κ3) is 4.45. The highest BCUT2D eigenvalue weighted by Gasteiger charge is 2.37. The fourth-order valence-corrected chi connectivity index (χ4v) is 4.66. The van der Waals surface area contributed by atoms with Gasteiger partial charge in [0.05, 0.1) is 27.4 Å². The number of halogens is 6. The smallest absolute Gasteiger partial charge is 0.228 e. The van der Waals surface area contributed by atoms with E-state index in [-0.39, 0.29) is 27.4 Å². The minimum absolute atomic E-state index is 0.0290. The number of pyridine rings is 1. The average molecular weight is 547 g/mol. The monoisotopic (exact) mass is 545 g/mol. The van der Waals surface area contributed by atoms with Gasteiger partial charge in [-0.15, -0.1) is 0 Å². The average Bonchev–Trinajstić information content (AvgIpc) is 3.19. The second-order valence-electron chi connectivity index (χ2n) is 8.44. The Morgan fingerprint density at radius 3 is 2.17 bits per heavy atom. The van der Waals surface area contributed by atoms with Gasteiger partial charge in [0.2, 0.25) is 0 Å². The molecule has 2 heterocycles. The molecule has 0 bridgehead atoms. The molecule has 5 rings (SSSR count). The van der Waals surface area contributed by atoms with Gasteiger partial charge in [0.25, 0.3) is 0 Å². The number of alkyl halides is 3. The van der Waals surface area contributed by atoms with Crippen molar-refractivity contribution >= 4 is 45.8 Å². The zero-order chi connectivity index (χ0) is 25.8. The first-order valence-electron chi connectivity index (χ1n) is 10.8. The Morgan fingerprint density at radius 1 is 0.806 bits per heavy atom. The lowest BCUT2D eigenvalue weighted by molar-refractivity contribution is -0.136. The minimum Gasteiger partial charge on any atom is -0.228 e. The van der Waals surface area contributed by atoms with Crippen molar-refractivity contribution in [2.75, 3.05) is 0 Å². The van der Waals surface area contributed by atoms with Gasteiger partial charge >= 0.3 is 6.18 Å². The molecule has 36 heavy (non-hydrogen) atoms. The fourth-order valence-electron chi connectivity index (χ4n) is 3.98. The van der Waals surface area contributed by atoms with E-state index in [0.29, 0.717) is 26.9 Å². The van der Waals surface area contributed by atoms with Gasteiger partial charge in [-0.1, -0.05) is 70.7 Å². The zero-order valence-corrected chi connectivity index (χ0v) is 21.2. The van der Waals surface area contributed by atoms with E-state index in [4.69, 9.17) is 34.8 Å². The van der Waals surface area contributed by atoms with Gasteiger partial charge in [-0.05, 0) is 55.8 Å². The third-order valence-electron chi connectivity index (χ3n) is 5.88. The number of aryl methyl sites for hydroxylation is 2. The number of aromatic nitrogens is 3. The van der Waals surface area contributed by atoms with Crippen LogP contribution in [0.5, 0.6) is 0 Å². The molecular weight excluding hydrogens is 530 g/mol. The summed E-state index contributed by atoms with van der Waals surface area (Å²) < 4.78 is 45.0. The standard InChI is InChI=1S/C27H17Cl3F3N3/c1-14-3-6-16(7-4-14)25-24-20(27(31,32)33)13-23(19-10-8-17(28)11-22(19)30)34-26(24)36(35-25)18-9-5-15(2)21(29)12-18/h3-13H,1-2H3. The summed E-state index contributed by atoms with van der Waals surface area (Å²) >= 11 is 18.7. The number of fused-ring (bicyclic) bond motifs is 1. The topological polar surface area (TPSA) is 30.7 Å². The summed E-state index contributed by atoms with van der Waals surface area (Å²) in [7, 11) is 0. The fraction of sp³-hybridized carbons (Fsp3) is 0.111. The van der Waals surface area contributed by atoms with E-state index in [1.54, 1.807) is 42.5 Å². The van der Waals surface area contributed by atoms with Crippen LogP contribution >= 0.6 is 34.8 Å². The van der Waals surface area contributed by atoms with Crippen LogP contribution in [0.25, 0.3) is 39.2 Å². The van der Waals surface area contributed by atoms with E-state index in [1.807, 2.05) is 26.0 Å². The first-order chi connectivity index (χ1) is 17.0. The normalized spacial score (nSPS) is 11.9. The van der Waals surface area contributed by atoms with E-state index in [0.717, 1.165) is 17.2 Å². The molecule has 2 aromatic heterocycles. The van der Waals surface area contributed by atoms with E-state index < -0.39 is 11.7 Å². The van der Waals surface area contributed by atoms with Crippen LogP contribution in [-0.4, -0.2) is 14.8 Å². The maximum atomic E-state index is 14.5. The van der Waals surface area contributed by atoms with Gasteiger partial charge in [0.15, 0.2) is 5.65 Å². The molecule has 182 valence electrons. The van der Waals surface area contributed by atoms with Crippen LogP contribution < -0.4 is 0 Å². The molecule has 0 N–H and O–H groups in total. The van der Waals surface area contributed by atoms with Crippen molar-refractivity contribution in [2.24, 2.45) is 0 Å². The molecule has 0 spiro atoms. The summed E-state index contributed by atoms with van der Waals surface area (Å²) in [6.07, 6.45) is -4.69. The molecule has 0 radical (unpaired) electrons. The lowest BCUT2D eigenvalue weighted by Crippen LogP contribution is -2.08. The molecule has 0 atom stereocenters. The van der Waals surface area contributed by atoms with Gasteiger partial charge < -0.3 is 0 Å². The molecule has 9 heteroatoms. The number of benzene rings is 3. The van der Waals surface area contributed by atoms with Crippen molar-refractivity contribution in [1.29, 1.82) is 0 Å². The van der Waals surface area contributed by atoms with Crippen LogP contribution in [0.3, 0.4) is 0 Å². The van der Waals surface area contributed by atoms with Crippen LogP contribution in [0.15, 0.2) is 66.7 Å². The molecule has 5 aromatic rings. The van der Waals surface area contributed by atoms with E-state index in [1.165, 1.54) is 10.7 Å². The Balaban J connectivity index is 1.91. The van der Waals surface area contributed by atoms with Gasteiger partial charge in [-0.2, -0.15) is 18.3 Å². The Morgan fingerprint density at radius 2 is 1.53 bits per heavy atom. The first kappa shape index (κ1) is 24.6. The molecule has 0 aliphatic heterocycles. The highest BCUT2D eigenvalue weighted by Crippen LogP contribution is 2.42. The molecule has 0 unspecified atom stereocenters. The Hall–Kier alpha value is -3.06. The Bertz CT molecular complexity index is 1620. The van der Waals surface area contributed by atoms with Gasteiger partial charge in [-0.25, -0.2) is 9.67 Å². The van der Waals surface area contributed by atoms with Gasteiger partial charge in [0.1, 0.15) is 5.69 Å². The SMILES string of the molecule is Cc1ccc(-c2nn(-c3ccc(C)c(Cl)c3)c3nc(-c4ccc(Cl)cc4Cl)cc(C(F)(F)F)c23)cc1. The zero-order valence-electron chi connectivity index (χ0n) is 19.0. The van der Waals surface area contributed by atoms with Crippen LogP contribution in [0.4, 0.5) is 13.2 Å². The quantitative estimate of drug-likeness (QED) is 0.226. The third-order valence-corrected chi connectivity index (χ3v) is 6.83. The van der Waals surface area contributed by atoms with E-state index in [2.05, 4.69) is 10.1 Å². The van der Waals surface area contributed by atoms with E-state index >= 15 is 0 Å². The predicted octanol–water partition coefficient (Wildman–Crippen LogP) is 9.35. The minimum atomic E-state index is -4.69. The second kappa shape index (κ2) is 9.11. The molecule has 3 aromatic carbocycles. The number of hydrogen-bond donors (Lipinski definition) is 0. The van der Waals surface area contributed by atoms with Crippen LogP contribution in [0, 0.1) is 13.8 Å². The summed E-state index contributed by atoms with van der Waals surface area (Å²) in [5, 5.41) is 5.51. The summed E-state index contributed by atoms with van der Waals surface area (Å²) in [5.41, 5.74) is 2.51. The van der Waals surface area contributed by atoms with Crippen molar-refractivity contribution in [3.05, 3.63) is 98.5 Å². The molecule has 0 saturated heterocycles. The largest absolute Gasteiger partial charge is 0.417 e. The predicted molar refractivity (Wildman–Crippen MR) is 139 cm³/mol. The second-order valence-corrected chi connectivity index (χ2v) is 9.69. The van der Waals surface area contributed by atoms with E-state index in [9.17, 15) is 13.2 Å². The van der Waals surface area contributed by atoms with Crippen LogP contribution in [0.2, 0.25) is 15.1 Å². The summed E-state index contributed by atoms with van der Waals surface area (Å²) in [6.45, 7) is 3.74. The van der Waals surface area contributed by atoms with Crippen molar-refractivity contribution in [1.82, 2.24) is 14.8 Å². The maximum absolute atomic E-state index is 14.5. The van der Waals surface area contributed by atoms with Crippen LogP contribution in [0.1, 0.15) is 16.7 Å². The van der Waals surface area contributed by atoms with Gasteiger partial charge in [-0.3, -0.25) is 0 Å². The van der Waals surface area contributed by atoms with Crippen molar-refractivity contribution < 1.29 is 13.2 Å². The van der Waals surface area contributed by atoms with Crippen LogP contribution in [-0.2, 0) is 6.18 Å². The van der Waals surface area contributed by atoms with Crippen molar-refractivity contribution in [3.8, 4) is 28.2 Å². The lowest BCUT2D eigenvalue weighted by Gasteiger charge is -2.13. The Kier molecular flexibility index (Phi) is 6.23. The van der Waals surface area contributed by atoms with Gasteiger partial charge in [0, 0.05) is 21.2 Å². The Labute approximate surface area is 220 Å². The summed E-state index contributed by atoms with van der Waals surface area (Å²) in [6, 6.07) is 17.9. The first-order valence-corrected chi connectivity index (χ1v) is 12.0. The lowest BCUT2D eigenvalue weighted by atomic mass is 10.0. The maximum Gasteiger partial charge on any atom is 0.417 e. The molecule has 0 aliphatic rings. The molecule has 0 aliphatic carbocycles. The summed E-state index contributed by atoms with van der Waals surface area (Å²) in [5.74, 6) is 0. The molecule has 0 saturated carbocycles. The highest BCUT2D eigenvalue weighted by molar-refractivity contribution is 6.36. The molecule has 0 fully saturated rings. The number of hydrogen-bond acceptors (Lipinski definition) is 2. The number of nitrogens with zero attached hydrogens (tertiary/aromatic N) is 3. The number of rotatable bonds is 3. The molecule has 0 amide bonds. The highest BCUT2D eigenvalue weighted by atomic mass is 35.5. The molecular formula is C27H17Cl3F3N3. The van der Waals surface area contributed by atoms with Crippen molar-refractivity contribution in [3.63, 3.8) is 0 Å². The molecule has 3 nitrogen and oxygen atoms in total. The summed E-state index contributed by atoms with van der Waals surface area (Å²) in [4.78, 5) is 4.63.